The molecule has 3 nitrogen and oxygen atoms in total. The number of aromatic nitrogens is 2. The van der Waals surface area contributed by atoms with E-state index in [0.29, 0.717) is 23.5 Å². The summed E-state index contributed by atoms with van der Waals surface area (Å²) >= 11 is 0. The zero-order chi connectivity index (χ0) is 26.4. The molecular weight excluding hydrogens is 426 g/mol. The molecule has 0 aliphatic rings. The Morgan fingerprint density at radius 2 is 1.89 bits per heavy atom. The Morgan fingerprint density at radius 3 is 2.43 bits per heavy atom. The van der Waals surface area contributed by atoms with E-state index >= 15 is 0 Å². The van der Waals surface area contributed by atoms with Crippen LogP contribution in [0.4, 0.5) is 0 Å². The molecule has 0 aliphatic carbocycles. The number of rotatable bonds is 9. The van der Waals surface area contributed by atoms with E-state index in [-0.39, 0.29) is 0 Å². The molecular formula is C32H45N3. The molecule has 2 aromatic heterocycles. The smallest absolute Gasteiger partial charge is 0.108 e. The highest BCUT2D eigenvalue weighted by Gasteiger charge is 2.20. The number of nitriles is 1. The topological polar surface area (TPSA) is 41.6 Å². The molecule has 0 N–H and O–H groups in total. The Kier molecular flexibility index (Phi) is 13.5. The number of allylic oxidation sites excluding steroid dienone is 5. The van der Waals surface area contributed by atoms with Gasteiger partial charge in [0.1, 0.15) is 11.6 Å². The normalized spacial score (nSPS) is 13.7. The molecule has 2 unspecified atom stereocenters. The highest BCUT2D eigenvalue weighted by atomic mass is 15.0. The first-order valence-electron chi connectivity index (χ1n) is 13.1. The van der Waals surface area contributed by atoms with Crippen LogP contribution in [0.15, 0.2) is 47.8 Å². The summed E-state index contributed by atoms with van der Waals surface area (Å²) in [5.41, 5.74) is 5.53. The van der Waals surface area contributed by atoms with Gasteiger partial charge in [0.05, 0.1) is 5.52 Å². The van der Waals surface area contributed by atoms with Crippen LogP contribution in [0.25, 0.3) is 17.0 Å². The number of pyridine rings is 1. The van der Waals surface area contributed by atoms with Gasteiger partial charge in [-0.3, -0.25) is 4.98 Å². The largest absolute Gasteiger partial charge is 0.344 e. The highest BCUT2D eigenvalue weighted by Crippen LogP contribution is 2.32. The maximum Gasteiger partial charge on any atom is 0.108 e. The number of nitrogens with zero attached hydrogens (tertiary/aromatic N) is 3. The van der Waals surface area contributed by atoms with Gasteiger partial charge >= 0.3 is 0 Å². The molecule has 0 amide bonds. The molecule has 2 aromatic rings. The lowest BCUT2D eigenvalue weighted by atomic mass is 9.94. The van der Waals surface area contributed by atoms with Crippen LogP contribution in [-0.4, -0.2) is 9.55 Å². The fourth-order valence-corrected chi connectivity index (χ4v) is 4.15. The van der Waals surface area contributed by atoms with E-state index in [4.69, 9.17) is 5.26 Å². The Balaban J connectivity index is 0.000000405. The summed E-state index contributed by atoms with van der Waals surface area (Å²) in [6, 6.07) is 4.82. The van der Waals surface area contributed by atoms with Gasteiger partial charge < -0.3 is 4.57 Å². The van der Waals surface area contributed by atoms with E-state index < -0.39 is 0 Å². The van der Waals surface area contributed by atoms with Crippen molar-refractivity contribution in [3.05, 3.63) is 59.1 Å². The minimum absolute atomic E-state index is 0.516. The van der Waals surface area contributed by atoms with Gasteiger partial charge in [-0.15, -0.1) is 5.92 Å². The predicted molar refractivity (Wildman–Crippen MR) is 153 cm³/mol. The maximum atomic E-state index is 8.66. The molecule has 0 aliphatic heterocycles. The predicted octanol–water partition coefficient (Wildman–Crippen LogP) is 9.22. The summed E-state index contributed by atoms with van der Waals surface area (Å²) < 4.78 is 2.50. The molecule has 35 heavy (non-hydrogen) atoms. The molecule has 0 spiro atoms. The van der Waals surface area contributed by atoms with Crippen molar-refractivity contribution in [3.63, 3.8) is 0 Å². The lowest BCUT2D eigenvalue weighted by Crippen LogP contribution is -2.16. The monoisotopic (exact) mass is 471 g/mol. The van der Waals surface area contributed by atoms with Crippen molar-refractivity contribution < 1.29 is 0 Å². The van der Waals surface area contributed by atoms with Crippen molar-refractivity contribution in [2.45, 2.75) is 94.0 Å². The number of fused-ring (bicyclic) bond motifs is 1. The second-order valence-electron chi connectivity index (χ2n) is 9.47. The number of aryl methyl sites for hydroxylation is 1. The van der Waals surface area contributed by atoms with Gasteiger partial charge in [0, 0.05) is 35.1 Å². The summed E-state index contributed by atoms with van der Waals surface area (Å²) in [4.78, 5) is 4.58. The fraction of sp³-hybridized carbons (Fsp3) is 0.500. The first-order valence-corrected chi connectivity index (χ1v) is 13.1. The van der Waals surface area contributed by atoms with Crippen molar-refractivity contribution in [3.8, 4) is 17.9 Å². The first kappa shape index (κ1) is 30.0. The third-order valence-corrected chi connectivity index (χ3v) is 6.49. The van der Waals surface area contributed by atoms with Crippen molar-refractivity contribution in [2.24, 2.45) is 11.8 Å². The Bertz CT molecular complexity index is 1120. The van der Waals surface area contributed by atoms with Crippen LogP contribution in [0, 0.1) is 41.9 Å². The van der Waals surface area contributed by atoms with Crippen LogP contribution < -0.4 is 0 Å². The Labute approximate surface area is 214 Å². The Hall–Kier alpha value is -3.04. The van der Waals surface area contributed by atoms with Gasteiger partial charge in [0.15, 0.2) is 0 Å². The minimum Gasteiger partial charge on any atom is -0.344 e. The van der Waals surface area contributed by atoms with E-state index in [0.717, 1.165) is 12.1 Å². The molecule has 188 valence electrons. The second-order valence-corrected chi connectivity index (χ2v) is 9.47. The summed E-state index contributed by atoms with van der Waals surface area (Å²) in [6.07, 6.45) is 17.2. The second kappa shape index (κ2) is 15.8. The van der Waals surface area contributed by atoms with Crippen LogP contribution in [0.5, 0.6) is 0 Å². The van der Waals surface area contributed by atoms with E-state index in [1.807, 2.05) is 18.3 Å². The van der Waals surface area contributed by atoms with Crippen LogP contribution in [0.3, 0.4) is 0 Å². The molecule has 2 rings (SSSR count). The standard InChI is InChI=1S/C20H30N2.C12H15N/c1-6-9-11-18-16(5)21-14-17-12-13-22(20(17)18)19(8-3)15(4)10-7-2;1-5-6-12(9-13)8-7-11(4)10(2)3/h9,11-15,19H,6-8,10H2,1-5H3;7-8,10H,1-4H3/b11-9-;11-7+,12-8+. The number of hydrogen-bond acceptors (Lipinski definition) is 2. The fourth-order valence-electron chi connectivity index (χ4n) is 4.15. The molecule has 0 radical (unpaired) electrons. The Morgan fingerprint density at radius 1 is 1.17 bits per heavy atom. The average Bonchev–Trinajstić information content (AvgIpc) is 3.26. The molecule has 0 fully saturated rings. The highest BCUT2D eigenvalue weighted by molar-refractivity contribution is 5.88. The van der Waals surface area contributed by atoms with Gasteiger partial charge in [-0.1, -0.05) is 77.7 Å². The van der Waals surface area contributed by atoms with Crippen molar-refractivity contribution in [2.75, 3.05) is 0 Å². The van der Waals surface area contributed by atoms with E-state index in [1.54, 1.807) is 13.0 Å². The molecule has 2 atom stereocenters. The molecule has 0 aromatic carbocycles. The van der Waals surface area contributed by atoms with Gasteiger partial charge in [-0.2, -0.15) is 5.26 Å². The number of hydrogen-bond donors (Lipinski definition) is 0. The van der Waals surface area contributed by atoms with E-state index in [2.05, 4.69) is 101 Å². The van der Waals surface area contributed by atoms with Crippen LogP contribution in [0.1, 0.15) is 98.4 Å². The van der Waals surface area contributed by atoms with Gasteiger partial charge in [0.25, 0.3) is 0 Å². The third kappa shape index (κ3) is 8.92. The average molecular weight is 472 g/mol. The summed E-state index contributed by atoms with van der Waals surface area (Å²) in [5, 5.41) is 9.91. The van der Waals surface area contributed by atoms with Gasteiger partial charge in [-0.25, -0.2) is 0 Å². The van der Waals surface area contributed by atoms with Gasteiger partial charge in [-0.05, 0) is 64.0 Å². The van der Waals surface area contributed by atoms with E-state index in [9.17, 15) is 0 Å². The quantitative estimate of drug-likeness (QED) is 0.208. The molecule has 0 bridgehead atoms. The maximum absolute atomic E-state index is 8.66. The lowest BCUT2D eigenvalue weighted by molar-refractivity contribution is 0.329. The van der Waals surface area contributed by atoms with Crippen LogP contribution in [-0.2, 0) is 0 Å². The van der Waals surface area contributed by atoms with Crippen molar-refractivity contribution in [1.29, 1.82) is 5.26 Å². The zero-order valence-corrected chi connectivity index (χ0v) is 23.4. The summed E-state index contributed by atoms with van der Waals surface area (Å²) in [5.74, 6) is 6.65. The molecule has 2 heterocycles. The third-order valence-electron chi connectivity index (χ3n) is 6.49. The van der Waals surface area contributed by atoms with Gasteiger partial charge in [0.2, 0.25) is 0 Å². The van der Waals surface area contributed by atoms with Crippen molar-refractivity contribution >= 4 is 17.0 Å². The van der Waals surface area contributed by atoms with Crippen LogP contribution in [0.2, 0.25) is 0 Å². The molecule has 3 heteroatoms. The summed E-state index contributed by atoms with van der Waals surface area (Å²) in [6.45, 7) is 19.3. The SMILES string of the molecule is CC#C/C(C#N)=C\C=C(/C)C(C)C.CC/C=C\c1c(C)ncc2ccn(C(CC)C(C)CCC)c12. The van der Waals surface area contributed by atoms with E-state index in [1.165, 1.54) is 41.3 Å². The van der Waals surface area contributed by atoms with Crippen molar-refractivity contribution in [1.82, 2.24) is 9.55 Å². The first-order chi connectivity index (χ1) is 16.7. The zero-order valence-electron chi connectivity index (χ0n) is 23.4. The minimum atomic E-state index is 0.516. The summed E-state index contributed by atoms with van der Waals surface area (Å²) in [7, 11) is 0. The molecule has 0 saturated heterocycles. The van der Waals surface area contributed by atoms with Crippen LogP contribution >= 0.6 is 0 Å². The lowest BCUT2D eigenvalue weighted by Gasteiger charge is -2.26. The molecule has 0 saturated carbocycles.